The first-order chi connectivity index (χ1) is 12.9. The van der Waals surface area contributed by atoms with Crippen molar-refractivity contribution in [2.45, 2.75) is 91.4 Å². The average Bonchev–Trinajstić information content (AvgIpc) is 3.03. The third kappa shape index (κ3) is 2.99. The van der Waals surface area contributed by atoms with Crippen molar-refractivity contribution >= 4 is 11.8 Å². The molecular weight excluding hydrogens is 336 g/mol. The highest BCUT2D eigenvalue weighted by molar-refractivity contribution is 5.85. The number of ether oxygens (including phenoxy) is 1. The standard InChI is InChI=1S/C24H38O3/c1-4-24-13-6-5-7-17(24)8-9-18-19-10-11-21(22(26)15-27-16(2)25)23(19,3)14-12-20(18)24/h17-21H,4-15H2,1-3H3. The first-order valence-electron chi connectivity index (χ1n) is 11.6. The monoisotopic (exact) mass is 374 g/mol. The van der Waals surface area contributed by atoms with Crippen molar-refractivity contribution in [1.82, 2.24) is 0 Å². The maximum absolute atomic E-state index is 12.8. The lowest BCUT2D eigenvalue weighted by Crippen LogP contribution is -2.54. The summed E-state index contributed by atoms with van der Waals surface area (Å²) in [7, 11) is 0. The molecule has 4 rings (SSSR count). The highest BCUT2D eigenvalue weighted by atomic mass is 16.5. The lowest BCUT2D eigenvalue weighted by Gasteiger charge is -2.61. The van der Waals surface area contributed by atoms with Gasteiger partial charge in [-0.1, -0.05) is 26.7 Å². The highest BCUT2D eigenvalue weighted by Crippen LogP contribution is 2.68. The minimum atomic E-state index is -0.340. The summed E-state index contributed by atoms with van der Waals surface area (Å²) in [6.45, 7) is 6.22. The molecule has 0 amide bonds. The van der Waals surface area contributed by atoms with E-state index in [4.69, 9.17) is 4.74 Å². The van der Waals surface area contributed by atoms with Gasteiger partial charge in [0.15, 0.2) is 5.78 Å². The molecule has 0 aromatic rings. The van der Waals surface area contributed by atoms with E-state index in [-0.39, 0.29) is 29.7 Å². The van der Waals surface area contributed by atoms with Crippen LogP contribution in [0.25, 0.3) is 0 Å². The van der Waals surface area contributed by atoms with Crippen LogP contribution in [0.4, 0.5) is 0 Å². The molecule has 0 radical (unpaired) electrons. The van der Waals surface area contributed by atoms with E-state index in [9.17, 15) is 9.59 Å². The smallest absolute Gasteiger partial charge is 0.303 e. The summed E-state index contributed by atoms with van der Waals surface area (Å²) in [5.41, 5.74) is 0.733. The lowest BCUT2D eigenvalue weighted by molar-refractivity contribution is -0.151. The number of hydrogen-bond acceptors (Lipinski definition) is 3. The normalized spacial score (nSPS) is 46.1. The second kappa shape index (κ2) is 7.19. The molecule has 0 N–H and O–H groups in total. The minimum absolute atomic E-state index is 0.0165. The Hall–Kier alpha value is -0.860. The zero-order valence-electron chi connectivity index (χ0n) is 17.6. The fourth-order valence-corrected chi connectivity index (χ4v) is 8.58. The number of carbonyl (C=O) groups is 2. The summed E-state index contributed by atoms with van der Waals surface area (Å²) >= 11 is 0. The summed E-state index contributed by atoms with van der Waals surface area (Å²) in [4.78, 5) is 24.0. The van der Waals surface area contributed by atoms with Crippen molar-refractivity contribution in [3.05, 3.63) is 0 Å². The first kappa shape index (κ1) is 19.5. The predicted molar refractivity (Wildman–Crippen MR) is 106 cm³/mol. The van der Waals surface area contributed by atoms with Gasteiger partial charge in [-0.25, -0.2) is 0 Å². The molecule has 152 valence electrons. The number of fused-ring (bicyclic) bond motifs is 5. The topological polar surface area (TPSA) is 43.4 Å². The quantitative estimate of drug-likeness (QED) is 0.605. The van der Waals surface area contributed by atoms with E-state index < -0.39 is 0 Å². The van der Waals surface area contributed by atoms with Crippen LogP contribution in [0.1, 0.15) is 91.4 Å². The molecular formula is C24H38O3. The Bertz CT molecular complexity index is 598. The molecule has 0 aromatic heterocycles. The van der Waals surface area contributed by atoms with Gasteiger partial charge in [-0.2, -0.15) is 0 Å². The Morgan fingerprint density at radius 1 is 0.963 bits per heavy atom. The summed E-state index contributed by atoms with van der Waals surface area (Å²) in [5, 5.41) is 0. The molecule has 7 unspecified atom stereocenters. The van der Waals surface area contributed by atoms with E-state index in [1.807, 2.05) is 0 Å². The van der Waals surface area contributed by atoms with Crippen LogP contribution in [0.3, 0.4) is 0 Å². The third-order valence-electron chi connectivity index (χ3n) is 9.75. The van der Waals surface area contributed by atoms with Crippen molar-refractivity contribution in [3.63, 3.8) is 0 Å². The van der Waals surface area contributed by atoms with Crippen molar-refractivity contribution in [2.24, 2.45) is 40.4 Å². The Kier molecular flexibility index (Phi) is 5.18. The minimum Gasteiger partial charge on any atom is -0.458 e. The average molecular weight is 375 g/mol. The number of Topliss-reactive ketones (excluding diaryl/α,β-unsaturated/α-hetero) is 1. The molecule has 7 atom stereocenters. The molecule has 4 aliphatic carbocycles. The Balaban J connectivity index is 1.55. The van der Waals surface area contributed by atoms with Crippen LogP contribution in [-0.2, 0) is 14.3 Å². The van der Waals surface area contributed by atoms with Crippen LogP contribution in [0.5, 0.6) is 0 Å². The Morgan fingerprint density at radius 2 is 1.78 bits per heavy atom. The maximum Gasteiger partial charge on any atom is 0.303 e. The van der Waals surface area contributed by atoms with Crippen LogP contribution >= 0.6 is 0 Å². The molecule has 0 spiro atoms. The zero-order valence-corrected chi connectivity index (χ0v) is 17.6. The van der Waals surface area contributed by atoms with E-state index in [0.29, 0.717) is 11.3 Å². The van der Waals surface area contributed by atoms with Gasteiger partial charge in [-0.05, 0) is 92.3 Å². The summed E-state index contributed by atoms with van der Waals surface area (Å²) in [5.74, 6) is 3.31. The van der Waals surface area contributed by atoms with Gasteiger partial charge in [0.25, 0.3) is 0 Å². The molecule has 3 heteroatoms. The van der Waals surface area contributed by atoms with E-state index in [2.05, 4.69) is 13.8 Å². The molecule has 4 saturated carbocycles. The van der Waals surface area contributed by atoms with Crippen molar-refractivity contribution in [2.75, 3.05) is 6.61 Å². The van der Waals surface area contributed by atoms with Gasteiger partial charge in [0.1, 0.15) is 6.61 Å². The van der Waals surface area contributed by atoms with Crippen LogP contribution in [0, 0.1) is 40.4 Å². The van der Waals surface area contributed by atoms with E-state index in [1.165, 1.54) is 71.1 Å². The lowest BCUT2D eigenvalue weighted by atomic mass is 9.43. The third-order valence-corrected chi connectivity index (χ3v) is 9.75. The molecule has 0 aliphatic heterocycles. The number of esters is 1. The number of hydrogen-bond donors (Lipinski definition) is 0. The van der Waals surface area contributed by atoms with Crippen molar-refractivity contribution < 1.29 is 14.3 Å². The molecule has 0 bridgehead atoms. The predicted octanol–water partition coefficient (Wildman–Crippen LogP) is 5.56. The first-order valence-corrected chi connectivity index (χ1v) is 11.6. The molecule has 0 heterocycles. The maximum atomic E-state index is 12.8. The van der Waals surface area contributed by atoms with Gasteiger partial charge in [0.2, 0.25) is 0 Å². The number of ketones is 1. The fraction of sp³-hybridized carbons (Fsp3) is 0.917. The molecule has 4 fully saturated rings. The summed E-state index contributed by atoms with van der Waals surface area (Å²) in [6.07, 6.45) is 14.7. The number of carbonyl (C=O) groups excluding carboxylic acids is 2. The van der Waals surface area contributed by atoms with Gasteiger partial charge in [-0.3, -0.25) is 9.59 Å². The molecule has 0 saturated heterocycles. The van der Waals surface area contributed by atoms with Crippen molar-refractivity contribution in [3.8, 4) is 0 Å². The van der Waals surface area contributed by atoms with Crippen LogP contribution in [0.2, 0.25) is 0 Å². The fourth-order valence-electron chi connectivity index (χ4n) is 8.58. The zero-order chi connectivity index (χ0) is 19.2. The van der Waals surface area contributed by atoms with Gasteiger partial charge in [-0.15, -0.1) is 0 Å². The number of rotatable bonds is 4. The summed E-state index contributed by atoms with van der Waals surface area (Å²) in [6, 6.07) is 0. The van der Waals surface area contributed by atoms with E-state index >= 15 is 0 Å². The van der Waals surface area contributed by atoms with E-state index in [0.717, 1.165) is 24.2 Å². The van der Waals surface area contributed by atoms with Gasteiger partial charge < -0.3 is 4.74 Å². The molecule has 3 nitrogen and oxygen atoms in total. The second-order valence-corrected chi connectivity index (χ2v) is 10.4. The van der Waals surface area contributed by atoms with E-state index in [1.54, 1.807) is 0 Å². The van der Waals surface area contributed by atoms with Gasteiger partial charge >= 0.3 is 5.97 Å². The Morgan fingerprint density at radius 3 is 2.52 bits per heavy atom. The van der Waals surface area contributed by atoms with Crippen LogP contribution in [-0.4, -0.2) is 18.4 Å². The largest absolute Gasteiger partial charge is 0.458 e. The highest BCUT2D eigenvalue weighted by Gasteiger charge is 2.61. The van der Waals surface area contributed by atoms with Gasteiger partial charge in [0, 0.05) is 12.8 Å². The SMILES string of the molecule is CCC12CCCCC1CCC1C3CCC(C(=O)COC(C)=O)C3(C)CCC12. The van der Waals surface area contributed by atoms with Crippen LogP contribution < -0.4 is 0 Å². The van der Waals surface area contributed by atoms with Gasteiger partial charge in [0.05, 0.1) is 0 Å². The Labute approximate surface area is 165 Å². The van der Waals surface area contributed by atoms with Crippen molar-refractivity contribution in [1.29, 1.82) is 0 Å². The molecule has 27 heavy (non-hydrogen) atoms. The van der Waals surface area contributed by atoms with Crippen LogP contribution in [0.15, 0.2) is 0 Å². The molecule has 4 aliphatic rings. The molecule has 0 aromatic carbocycles. The second-order valence-electron chi connectivity index (χ2n) is 10.4. The summed E-state index contributed by atoms with van der Waals surface area (Å²) < 4.78 is 5.06.